The SMILES string of the molecule is CCCN1C2=C(C(=O)CC(C)(C)C2)C(c2ccccc2OCC(=O)Nc2ccccc2)C2=C1CC(C)(C)CC2=O. The molecule has 0 fully saturated rings. The van der Waals surface area contributed by atoms with E-state index >= 15 is 0 Å². The van der Waals surface area contributed by atoms with Crippen LogP contribution in [0.2, 0.25) is 0 Å². The maximum Gasteiger partial charge on any atom is 0.262 e. The van der Waals surface area contributed by atoms with Crippen molar-refractivity contribution >= 4 is 23.2 Å². The van der Waals surface area contributed by atoms with Gasteiger partial charge in [0.2, 0.25) is 0 Å². The maximum absolute atomic E-state index is 13.9. The van der Waals surface area contributed by atoms with Gasteiger partial charge >= 0.3 is 0 Å². The summed E-state index contributed by atoms with van der Waals surface area (Å²) in [5.74, 6) is -0.0619. The first-order valence-corrected chi connectivity index (χ1v) is 14.4. The Morgan fingerprint density at radius 3 is 1.98 bits per heavy atom. The molecule has 6 nitrogen and oxygen atoms in total. The van der Waals surface area contributed by atoms with E-state index in [-0.39, 0.29) is 34.9 Å². The fourth-order valence-corrected chi connectivity index (χ4v) is 6.56. The number of nitrogens with zero attached hydrogens (tertiary/aromatic N) is 1. The molecule has 0 unspecified atom stereocenters. The van der Waals surface area contributed by atoms with E-state index < -0.39 is 5.92 Å². The molecule has 1 heterocycles. The number of rotatable bonds is 7. The Kier molecular flexibility index (Phi) is 7.47. The summed E-state index contributed by atoms with van der Waals surface area (Å²) >= 11 is 0. The summed E-state index contributed by atoms with van der Waals surface area (Å²) in [5.41, 5.74) is 4.70. The molecule has 1 amide bonds. The molecule has 0 saturated carbocycles. The molecule has 6 heteroatoms. The van der Waals surface area contributed by atoms with E-state index in [0.29, 0.717) is 24.3 Å². The highest BCUT2D eigenvalue weighted by Crippen LogP contribution is 2.55. The van der Waals surface area contributed by atoms with Crippen LogP contribution >= 0.6 is 0 Å². The Balaban J connectivity index is 1.59. The number of carbonyl (C=O) groups is 3. The van der Waals surface area contributed by atoms with Crippen LogP contribution in [0.25, 0.3) is 0 Å². The van der Waals surface area contributed by atoms with Gasteiger partial charge in [0, 0.05) is 59.1 Å². The van der Waals surface area contributed by atoms with Gasteiger partial charge in [0.1, 0.15) is 5.75 Å². The molecule has 0 aromatic heterocycles. The molecule has 1 N–H and O–H groups in total. The largest absolute Gasteiger partial charge is 0.483 e. The minimum atomic E-state index is -0.501. The zero-order chi connectivity index (χ0) is 28.7. The molecule has 2 aliphatic carbocycles. The lowest BCUT2D eigenvalue weighted by Gasteiger charge is -2.49. The van der Waals surface area contributed by atoms with Crippen molar-refractivity contribution in [1.29, 1.82) is 0 Å². The second-order valence-corrected chi connectivity index (χ2v) is 12.9. The number of benzene rings is 2. The number of carbonyl (C=O) groups excluding carboxylic acids is 3. The molecule has 0 atom stereocenters. The standard InChI is InChI=1S/C34H40N2O4/c1-6-16-36-24-17-33(2,3)19-26(37)31(24)30(32-25(36)18-34(4,5)20-27(32)38)23-14-10-11-15-28(23)40-21-29(39)35-22-12-8-7-9-13-22/h7-15,30H,6,16-21H2,1-5H3,(H,35,39). The lowest BCUT2D eigenvalue weighted by atomic mass is 9.63. The first kappa shape index (κ1) is 27.9. The molecule has 0 saturated heterocycles. The van der Waals surface area contributed by atoms with Gasteiger partial charge in [0.15, 0.2) is 18.2 Å². The van der Waals surface area contributed by atoms with Crippen LogP contribution < -0.4 is 10.1 Å². The molecule has 2 aromatic rings. The van der Waals surface area contributed by atoms with Crippen molar-refractivity contribution in [3.05, 3.63) is 82.7 Å². The van der Waals surface area contributed by atoms with Crippen molar-refractivity contribution in [2.75, 3.05) is 18.5 Å². The molecule has 40 heavy (non-hydrogen) atoms. The number of allylic oxidation sites excluding steroid dienone is 4. The van der Waals surface area contributed by atoms with Crippen molar-refractivity contribution in [3.63, 3.8) is 0 Å². The highest BCUT2D eigenvalue weighted by molar-refractivity contribution is 6.07. The van der Waals surface area contributed by atoms with E-state index in [1.807, 2.05) is 54.6 Å². The fourth-order valence-electron chi connectivity index (χ4n) is 6.56. The minimum absolute atomic E-state index is 0.0955. The molecule has 5 rings (SSSR count). The van der Waals surface area contributed by atoms with Crippen molar-refractivity contribution in [1.82, 2.24) is 4.90 Å². The molecule has 210 valence electrons. The fraction of sp³-hybridized carbons (Fsp3) is 0.441. The first-order chi connectivity index (χ1) is 19.0. The average molecular weight is 541 g/mol. The smallest absolute Gasteiger partial charge is 0.262 e. The number of ketones is 2. The molecule has 1 aliphatic heterocycles. The predicted octanol–water partition coefficient (Wildman–Crippen LogP) is 6.80. The van der Waals surface area contributed by atoms with Gasteiger partial charge < -0.3 is 15.0 Å². The van der Waals surface area contributed by atoms with Gasteiger partial charge in [0.05, 0.1) is 0 Å². The number of ether oxygens (including phenoxy) is 1. The van der Waals surface area contributed by atoms with Crippen molar-refractivity contribution in [3.8, 4) is 5.75 Å². The predicted molar refractivity (Wildman–Crippen MR) is 157 cm³/mol. The van der Waals surface area contributed by atoms with Crippen LogP contribution in [-0.4, -0.2) is 35.5 Å². The third-order valence-corrected chi connectivity index (χ3v) is 8.12. The lowest BCUT2D eigenvalue weighted by molar-refractivity contribution is -0.120. The molecule has 2 aromatic carbocycles. The summed E-state index contributed by atoms with van der Waals surface area (Å²) in [7, 11) is 0. The summed E-state index contributed by atoms with van der Waals surface area (Å²) in [6.07, 6.45) is 3.34. The van der Waals surface area contributed by atoms with Crippen LogP contribution in [0, 0.1) is 10.8 Å². The Bertz CT molecular complexity index is 1350. The van der Waals surface area contributed by atoms with Gasteiger partial charge in [-0.15, -0.1) is 0 Å². The summed E-state index contributed by atoms with van der Waals surface area (Å²) < 4.78 is 6.12. The van der Waals surface area contributed by atoms with E-state index in [4.69, 9.17) is 4.74 Å². The van der Waals surface area contributed by atoms with Gasteiger partial charge in [0.25, 0.3) is 5.91 Å². The second-order valence-electron chi connectivity index (χ2n) is 12.9. The van der Waals surface area contributed by atoms with Gasteiger partial charge in [-0.05, 0) is 48.3 Å². The van der Waals surface area contributed by atoms with Crippen molar-refractivity contribution < 1.29 is 19.1 Å². The van der Waals surface area contributed by atoms with E-state index in [1.165, 1.54) is 0 Å². The minimum Gasteiger partial charge on any atom is -0.483 e. The highest BCUT2D eigenvalue weighted by Gasteiger charge is 2.49. The number of amides is 1. The molecule has 0 radical (unpaired) electrons. The van der Waals surface area contributed by atoms with Crippen molar-refractivity contribution in [2.24, 2.45) is 10.8 Å². The summed E-state index contributed by atoms with van der Waals surface area (Å²) in [4.78, 5) is 42.9. The molecule has 0 spiro atoms. The monoisotopic (exact) mass is 540 g/mol. The van der Waals surface area contributed by atoms with Gasteiger partial charge in [-0.25, -0.2) is 0 Å². The van der Waals surface area contributed by atoms with E-state index in [0.717, 1.165) is 53.9 Å². The van der Waals surface area contributed by atoms with Crippen molar-refractivity contribution in [2.45, 2.75) is 72.6 Å². The van der Waals surface area contributed by atoms with Crippen LogP contribution in [0.5, 0.6) is 5.75 Å². The van der Waals surface area contributed by atoms with Gasteiger partial charge in [-0.3, -0.25) is 14.4 Å². The van der Waals surface area contributed by atoms with Crippen LogP contribution in [-0.2, 0) is 14.4 Å². The van der Waals surface area contributed by atoms with Crippen LogP contribution in [0.4, 0.5) is 5.69 Å². The highest BCUT2D eigenvalue weighted by atomic mass is 16.5. The van der Waals surface area contributed by atoms with Crippen LogP contribution in [0.15, 0.2) is 77.1 Å². The third-order valence-electron chi connectivity index (χ3n) is 8.12. The zero-order valence-corrected chi connectivity index (χ0v) is 24.3. The molecule has 3 aliphatic rings. The van der Waals surface area contributed by atoms with Gasteiger partial charge in [-0.1, -0.05) is 71.0 Å². The lowest BCUT2D eigenvalue weighted by Crippen LogP contribution is -2.44. The Labute approximate surface area is 237 Å². The topological polar surface area (TPSA) is 75.7 Å². The molecular formula is C34H40N2O4. The molecule has 0 bridgehead atoms. The van der Waals surface area contributed by atoms with E-state index in [9.17, 15) is 14.4 Å². The second kappa shape index (κ2) is 10.7. The number of para-hydroxylation sites is 2. The number of anilines is 1. The first-order valence-electron chi connectivity index (χ1n) is 14.4. The number of Topliss-reactive ketones (excluding diaryl/α,β-unsaturated/α-hetero) is 2. The summed E-state index contributed by atoms with van der Waals surface area (Å²) in [6, 6.07) is 16.8. The van der Waals surface area contributed by atoms with Crippen LogP contribution in [0.1, 0.15) is 78.2 Å². The van der Waals surface area contributed by atoms with Crippen LogP contribution in [0.3, 0.4) is 0 Å². The summed E-state index contributed by atoms with van der Waals surface area (Å²) in [5, 5.41) is 2.86. The molecular weight excluding hydrogens is 500 g/mol. The maximum atomic E-state index is 13.9. The van der Waals surface area contributed by atoms with E-state index in [2.05, 4.69) is 44.8 Å². The Hall–Kier alpha value is -3.67. The van der Waals surface area contributed by atoms with E-state index in [1.54, 1.807) is 0 Å². The number of hydrogen-bond acceptors (Lipinski definition) is 5. The average Bonchev–Trinajstić information content (AvgIpc) is 2.88. The number of nitrogens with one attached hydrogen (secondary N) is 1. The summed E-state index contributed by atoms with van der Waals surface area (Å²) in [6.45, 7) is 11.3. The Morgan fingerprint density at radius 1 is 0.850 bits per heavy atom. The number of hydrogen-bond donors (Lipinski definition) is 1. The Morgan fingerprint density at radius 2 is 1.40 bits per heavy atom. The van der Waals surface area contributed by atoms with Gasteiger partial charge in [-0.2, -0.15) is 0 Å². The zero-order valence-electron chi connectivity index (χ0n) is 24.3. The normalized spacial score (nSPS) is 20.3. The quantitative estimate of drug-likeness (QED) is 0.418. The third kappa shape index (κ3) is 5.49.